The maximum Gasteiger partial charge on any atom is 0.0655 e. The molecule has 1 aliphatic rings. The summed E-state index contributed by atoms with van der Waals surface area (Å²) in [5.41, 5.74) is 7.93. The Morgan fingerprint density at radius 3 is 2.12 bits per heavy atom. The third-order valence-corrected chi connectivity index (χ3v) is 6.48. The molecule has 3 rings (SSSR count). The van der Waals surface area contributed by atoms with Crippen LogP contribution in [-0.4, -0.2) is 26.2 Å². The van der Waals surface area contributed by atoms with E-state index in [0.717, 1.165) is 26.2 Å². The smallest absolute Gasteiger partial charge is 0.0655 e. The lowest BCUT2D eigenvalue weighted by molar-refractivity contribution is 0.827. The van der Waals surface area contributed by atoms with Crippen molar-refractivity contribution in [3.05, 3.63) is 35.4 Å². The molecular formula is C22H31N3S. The Hall–Kier alpha value is -1.81. The Morgan fingerprint density at radius 1 is 0.846 bits per heavy atom. The van der Waals surface area contributed by atoms with E-state index < -0.39 is 0 Å². The van der Waals surface area contributed by atoms with Gasteiger partial charge in [-0.15, -0.1) is 0 Å². The molecule has 0 unspecified atom stereocenters. The summed E-state index contributed by atoms with van der Waals surface area (Å²) in [5.74, 6) is 0. The summed E-state index contributed by atoms with van der Waals surface area (Å²) in [6.45, 7) is 17.5. The lowest BCUT2D eigenvalue weighted by atomic mass is 10.1. The fraction of sp³-hybridized carbons (Fsp3) is 0.455. The Morgan fingerprint density at radius 2 is 1.50 bits per heavy atom. The number of hydrogen-bond acceptors (Lipinski definition) is 4. The number of fused-ring (bicyclic) bond motifs is 2. The summed E-state index contributed by atoms with van der Waals surface area (Å²) in [6.07, 6.45) is 0. The molecule has 0 aromatic heterocycles. The molecule has 26 heavy (non-hydrogen) atoms. The Kier molecular flexibility index (Phi) is 5.71. The minimum Gasteiger partial charge on any atom is -0.370 e. The number of rotatable bonds is 6. The normalized spacial score (nSPS) is 12.2. The number of aryl methyl sites for hydroxylation is 1. The van der Waals surface area contributed by atoms with Gasteiger partial charge in [-0.3, -0.25) is 0 Å². The Labute approximate surface area is 162 Å². The van der Waals surface area contributed by atoms with Crippen LogP contribution in [0.2, 0.25) is 0 Å². The van der Waals surface area contributed by atoms with Gasteiger partial charge in [-0.2, -0.15) is 0 Å². The molecule has 0 atom stereocenters. The fourth-order valence-electron chi connectivity index (χ4n) is 3.87. The third-order valence-electron chi connectivity index (χ3n) is 5.38. The maximum atomic E-state index is 3.76. The molecule has 1 N–H and O–H groups in total. The van der Waals surface area contributed by atoms with Gasteiger partial charge in [0, 0.05) is 36.0 Å². The maximum absolute atomic E-state index is 3.76. The van der Waals surface area contributed by atoms with Crippen molar-refractivity contribution < 1.29 is 0 Å². The SMILES string of the molecule is CCN(CC)c1cc2c(c(C)c1N(CC)CC)Nc1c(C)cccc1S2. The highest BCUT2D eigenvalue weighted by Crippen LogP contribution is 2.51. The Balaban J connectivity index is 2.20. The van der Waals surface area contributed by atoms with Gasteiger partial charge in [0.15, 0.2) is 0 Å². The van der Waals surface area contributed by atoms with E-state index in [1.807, 2.05) is 11.8 Å². The summed E-state index contributed by atoms with van der Waals surface area (Å²) >= 11 is 1.89. The van der Waals surface area contributed by atoms with Crippen molar-refractivity contribution >= 4 is 34.5 Å². The molecule has 2 aromatic carbocycles. The average molecular weight is 370 g/mol. The van der Waals surface area contributed by atoms with Crippen molar-refractivity contribution in [1.82, 2.24) is 0 Å². The average Bonchev–Trinajstić information content (AvgIpc) is 2.65. The zero-order chi connectivity index (χ0) is 18.8. The lowest BCUT2D eigenvalue weighted by Gasteiger charge is -2.35. The van der Waals surface area contributed by atoms with Crippen LogP contribution in [0.15, 0.2) is 34.1 Å². The zero-order valence-corrected chi connectivity index (χ0v) is 17.8. The minimum atomic E-state index is 1.02. The van der Waals surface area contributed by atoms with Gasteiger partial charge in [0.1, 0.15) is 0 Å². The molecule has 0 fully saturated rings. The molecule has 0 radical (unpaired) electrons. The second-order valence-electron chi connectivity index (χ2n) is 6.76. The second kappa shape index (κ2) is 7.83. The predicted octanol–water partition coefficient (Wildman–Crippen LogP) is 6.20. The van der Waals surface area contributed by atoms with Crippen molar-refractivity contribution in [2.75, 3.05) is 41.3 Å². The molecule has 3 nitrogen and oxygen atoms in total. The molecule has 2 aromatic rings. The van der Waals surface area contributed by atoms with Crippen LogP contribution in [-0.2, 0) is 0 Å². The zero-order valence-electron chi connectivity index (χ0n) is 16.9. The highest BCUT2D eigenvalue weighted by atomic mass is 32.2. The van der Waals surface area contributed by atoms with E-state index in [9.17, 15) is 0 Å². The first-order chi connectivity index (χ1) is 12.5. The first-order valence-corrected chi connectivity index (χ1v) is 10.6. The van der Waals surface area contributed by atoms with Gasteiger partial charge in [-0.1, -0.05) is 23.9 Å². The predicted molar refractivity (Wildman–Crippen MR) is 117 cm³/mol. The van der Waals surface area contributed by atoms with Crippen LogP contribution in [0.1, 0.15) is 38.8 Å². The highest BCUT2D eigenvalue weighted by molar-refractivity contribution is 7.99. The summed E-state index contributed by atoms with van der Waals surface area (Å²) in [5, 5.41) is 3.76. The van der Waals surface area contributed by atoms with Gasteiger partial charge in [-0.25, -0.2) is 0 Å². The molecule has 0 spiro atoms. The van der Waals surface area contributed by atoms with Crippen LogP contribution in [0.4, 0.5) is 22.7 Å². The van der Waals surface area contributed by atoms with Crippen molar-refractivity contribution in [3.8, 4) is 0 Å². The molecule has 4 heteroatoms. The van der Waals surface area contributed by atoms with E-state index >= 15 is 0 Å². The molecule has 0 saturated carbocycles. The topological polar surface area (TPSA) is 18.5 Å². The molecule has 0 saturated heterocycles. The molecule has 0 aliphatic carbocycles. The van der Waals surface area contributed by atoms with Crippen LogP contribution in [0, 0.1) is 13.8 Å². The second-order valence-corrected chi connectivity index (χ2v) is 7.85. The van der Waals surface area contributed by atoms with E-state index in [1.165, 1.54) is 43.7 Å². The molecular weight excluding hydrogens is 338 g/mol. The number of benzene rings is 2. The van der Waals surface area contributed by atoms with Gasteiger partial charge in [-0.05, 0) is 64.8 Å². The first kappa shape index (κ1) is 19.0. The molecule has 0 bridgehead atoms. The Bertz CT molecular complexity index is 792. The third kappa shape index (κ3) is 3.16. The molecule has 0 amide bonds. The van der Waals surface area contributed by atoms with Crippen molar-refractivity contribution in [1.29, 1.82) is 0 Å². The molecule has 1 aliphatic heterocycles. The van der Waals surface area contributed by atoms with Gasteiger partial charge in [0.2, 0.25) is 0 Å². The summed E-state index contributed by atoms with van der Waals surface area (Å²) < 4.78 is 0. The van der Waals surface area contributed by atoms with E-state index in [0.29, 0.717) is 0 Å². The number of hydrogen-bond donors (Lipinski definition) is 1. The first-order valence-electron chi connectivity index (χ1n) is 9.77. The van der Waals surface area contributed by atoms with Gasteiger partial charge in [0.05, 0.1) is 22.7 Å². The number of anilines is 4. The van der Waals surface area contributed by atoms with Crippen LogP contribution in [0.3, 0.4) is 0 Å². The van der Waals surface area contributed by atoms with Crippen molar-refractivity contribution in [3.63, 3.8) is 0 Å². The number of nitrogens with zero attached hydrogens (tertiary/aromatic N) is 2. The van der Waals surface area contributed by atoms with Crippen molar-refractivity contribution in [2.45, 2.75) is 51.3 Å². The van der Waals surface area contributed by atoms with E-state index in [4.69, 9.17) is 0 Å². The van der Waals surface area contributed by atoms with Gasteiger partial charge >= 0.3 is 0 Å². The standard InChI is InChI=1S/C22H31N3S/c1-7-24(8-2)17-14-19-21(16(6)22(17)25(9-3)10-4)23-20-15(5)12-11-13-18(20)26-19/h11-14,23H,7-10H2,1-6H3. The van der Waals surface area contributed by atoms with Crippen LogP contribution >= 0.6 is 11.8 Å². The minimum absolute atomic E-state index is 1.02. The van der Waals surface area contributed by atoms with Crippen LogP contribution in [0.25, 0.3) is 0 Å². The van der Waals surface area contributed by atoms with E-state index in [2.05, 4.69) is 80.9 Å². The van der Waals surface area contributed by atoms with E-state index in [-0.39, 0.29) is 0 Å². The van der Waals surface area contributed by atoms with Gasteiger partial charge in [0.25, 0.3) is 0 Å². The van der Waals surface area contributed by atoms with Crippen molar-refractivity contribution in [2.24, 2.45) is 0 Å². The summed E-state index contributed by atoms with van der Waals surface area (Å²) in [6, 6.07) is 8.94. The van der Waals surface area contributed by atoms with Crippen LogP contribution in [0.5, 0.6) is 0 Å². The monoisotopic (exact) mass is 369 g/mol. The number of para-hydroxylation sites is 1. The highest BCUT2D eigenvalue weighted by Gasteiger charge is 2.25. The van der Waals surface area contributed by atoms with E-state index in [1.54, 1.807) is 0 Å². The summed E-state index contributed by atoms with van der Waals surface area (Å²) in [7, 11) is 0. The largest absolute Gasteiger partial charge is 0.370 e. The molecule has 140 valence electrons. The van der Waals surface area contributed by atoms with Crippen LogP contribution < -0.4 is 15.1 Å². The summed E-state index contributed by atoms with van der Waals surface area (Å²) in [4.78, 5) is 7.62. The number of nitrogens with one attached hydrogen (secondary N) is 1. The fourth-order valence-corrected chi connectivity index (χ4v) is 5.04. The lowest BCUT2D eigenvalue weighted by Crippen LogP contribution is -2.29. The van der Waals surface area contributed by atoms with Gasteiger partial charge < -0.3 is 15.1 Å². The molecule has 1 heterocycles. The quantitative estimate of drug-likeness (QED) is 0.557.